The number of hydrogen-bond donors (Lipinski definition) is 1. The number of amides is 2. The van der Waals surface area contributed by atoms with Crippen LogP contribution < -0.4 is 15.0 Å². The molecule has 4 rings (SSSR count). The van der Waals surface area contributed by atoms with Crippen LogP contribution in [0.15, 0.2) is 42.5 Å². The van der Waals surface area contributed by atoms with E-state index in [1.165, 1.54) is 24.3 Å². The second-order valence-corrected chi connectivity index (χ2v) is 7.69. The lowest BCUT2D eigenvalue weighted by molar-refractivity contribution is -0.274. The number of alkyl halides is 3. The molecule has 2 aromatic carbocycles. The molecule has 2 aliphatic heterocycles. The van der Waals surface area contributed by atoms with Gasteiger partial charge in [-0.15, -0.1) is 13.2 Å². The SMILES string of the molecule is CN1c2cc(C(=O)NCc3ccc(OC(F)(F)F)cc3)ccc2C(=O)N2CCCC[C@H]21. The van der Waals surface area contributed by atoms with Gasteiger partial charge in [-0.3, -0.25) is 9.59 Å². The highest BCUT2D eigenvalue weighted by Crippen LogP contribution is 2.34. The monoisotopic (exact) mass is 433 g/mol. The van der Waals surface area contributed by atoms with Crippen molar-refractivity contribution in [3.63, 3.8) is 0 Å². The topological polar surface area (TPSA) is 61.9 Å². The Kier molecular flexibility index (Phi) is 5.51. The van der Waals surface area contributed by atoms with Crippen molar-refractivity contribution in [2.45, 2.75) is 38.3 Å². The first-order valence-corrected chi connectivity index (χ1v) is 10.0. The number of ether oxygens (including phenoxy) is 1. The lowest BCUT2D eigenvalue weighted by Crippen LogP contribution is -2.55. The predicted molar refractivity (Wildman–Crippen MR) is 108 cm³/mol. The van der Waals surface area contributed by atoms with Crippen LogP contribution in [0.25, 0.3) is 0 Å². The Morgan fingerprint density at radius 1 is 1.16 bits per heavy atom. The van der Waals surface area contributed by atoms with Gasteiger partial charge in [0.1, 0.15) is 11.9 Å². The van der Waals surface area contributed by atoms with Crippen LogP contribution in [-0.2, 0) is 6.54 Å². The number of carbonyl (C=O) groups excluding carboxylic acids is 2. The first kappa shape index (κ1) is 21.0. The van der Waals surface area contributed by atoms with Crippen molar-refractivity contribution in [2.24, 2.45) is 0 Å². The Morgan fingerprint density at radius 2 is 1.90 bits per heavy atom. The smallest absolute Gasteiger partial charge is 0.406 e. The van der Waals surface area contributed by atoms with Crippen molar-refractivity contribution in [1.82, 2.24) is 10.2 Å². The van der Waals surface area contributed by atoms with Crippen LogP contribution in [-0.4, -0.2) is 42.8 Å². The minimum Gasteiger partial charge on any atom is -0.406 e. The average molecular weight is 433 g/mol. The van der Waals surface area contributed by atoms with E-state index in [4.69, 9.17) is 0 Å². The lowest BCUT2D eigenvalue weighted by Gasteiger charge is -2.46. The summed E-state index contributed by atoms with van der Waals surface area (Å²) in [5.74, 6) is -0.655. The van der Waals surface area contributed by atoms with Gasteiger partial charge < -0.3 is 19.9 Å². The third-order valence-corrected chi connectivity index (χ3v) is 5.66. The number of halogens is 3. The zero-order valence-corrected chi connectivity index (χ0v) is 16.9. The number of piperidine rings is 1. The zero-order chi connectivity index (χ0) is 22.2. The zero-order valence-electron chi connectivity index (χ0n) is 16.9. The molecule has 0 bridgehead atoms. The second-order valence-electron chi connectivity index (χ2n) is 7.69. The summed E-state index contributed by atoms with van der Waals surface area (Å²) in [4.78, 5) is 29.4. The molecule has 0 spiro atoms. The number of anilines is 1. The molecule has 6 nitrogen and oxygen atoms in total. The maximum atomic E-state index is 12.8. The molecule has 0 aromatic heterocycles. The number of carbonyl (C=O) groups is 2. The van der Waals surface area contributed by atoms with E-state index < -0.39 is 6.36 Å². The normalized spacial score (nSPS) is 18.3. The van der Waals surface area contributed by atoms with Gasteiger partial charge in [0.2, 0.25) is 0 Å². The van der Waals surface area contributed by atoms with Crippen LogP contribution in [0.4, 0.5) is 18.9 Å². The fourth-order valence-corrected chi connectivity index (χ4v) is 4.11. The van der Waals surface area contributed by atoms with Gasteiger partial charge in [-0.1, -0.05) is 12.1 Å². The van der Waals surface area contributed by atoms with Crippen molar-refractivity contribution in [3.8, 4) is 5.75 Å². The Hall–Kier alpha value is -3.23. The molecular weight excluding hydrogens is 411 g/mol. The molecule has 1 atom stereocenters. The van der Waals surface area contributed by atoms with Gasteiger partial charge in [0.25, 0.3) is 11.8 Å². The van der Waals surface area contributed by atoms with E-state index in [0.29, 0.717) is 16.7 Å². The molecule has 2 heterocycles. The van der Waals surface area contributed by atoms with Crippen molar-refractivity contribution in [2.75, 3.05) is 18.5 Å². The number of fused-ring (bicyclic) bond motifs is 2. The summed E-state index contributed by atoms with van der Waals surface area (Å²) in [6.07, 6.45) is -1.79. The number of rotatable bonds is 4. The van der Waals surface area contributed by atoms with E-state index in [-0.39, 0.29) is 30.3 Å². The van der Waals surface area contributed by atoms with Gasteiger partial charge in [-0.05, 0) is 55.2 Å². The molecule has 2 aliphatic rings. The summed E-state index contributed by atoms with van der Waals surface area (Å²) in [5.41, 5.74) is 2.36. The molecule has 0 saturated carbocycles. The Morgan fingerprint density at radius 3 is 2.61 bits per heavy atom. The van der Waals surface area contributed by atoms with Crippen LogP contribution in [0.1, 0.15) is 45.5 Å². The van der Waals surface area contributed by atoms with Gasteiger partial charge in [0, 0.05) is 25.7 Å². The summed E-state index contributed by atoms with van der Waals surface area (Å²) in [6, 6.07) is 10.3. The van der Waals surface area contributed by atoms with E-state index in [2.05, 4.69) is 10.1 Å². The van der Waals surface area contributed by atoms with E-state index in [0.717, 1.165) is 31.5 Å². The van der Waals surface area contributed by atoms with Crippen molar-refractivity contribution in [3.05, 3.63) is 59.2 Å². The number of nitrogens with zero attached hydrogens (tertiary/aromatic N) is 2. The third kappa shape index (κ3) is 4.45. The third-order valence-electron chi connectivity index (χ3n) is 5.66. The van der Waals surface area contributed by atoms with Gasteiger partial charge >= 0.3 is 6.36 Å². The summed E-state index contributed by atoms with van der Waals surface area (Å²) >= 11 is 0. The highest BCUT2D eigenvalue weighted by Gasteiger charge is 2.37. The Labute approximate surface area is 177 Å². The van der Waals surface area contributed by atoms with Crippen LogP contribution in [0.5, 0.6) is 5.75 Å². The largest absolute Gasteiger partial charge is 0.573 e. The van der Waals surface area contributed by atoms with Crippen molar-refractivity contribution >= 4 is 17.5 Å². The van der Waals surface area contributed by atoms with E-state index in [1.807, 2.05) is 16.8 Å². The van der Waals surface area contributed by atoms with Gasteiger partial charge in [0.15, 0.2) is 0 Å². The minimum atomic E-state index is -4.74. The quantitative estimate of drug-likeness (QED) is 0.794. The number of nitrogens with one attached hydrogen (secondary N) is 1. The highest BCUT2D eigenvalue weighted by atomic mass is 19.4. The van der Waals surface area contributed by atoms with Crippen molar-refractivity contribution in [1.29, 1.82) is 0 Å². The molecular formula is C22H22F3N3O3. The van der Waals surface area contributed by atoms with Gasteiger partial charge in [-0.2, -0.15) is 0 Å². The Bertz CT molecular complexity index is 992. The molecule has 2 aromatic rings. The first-order valence-electron chi connectivity index (χ1n) is 10.0. The second kappa shape index (κ2) is 8.13. The van der Waals surface area contributed by atoms with Crippen molar-refractivity contribution < 1.29 is 27.5 Å². The average Bonchev–Trinajstić information content (AvgIpc) is 2.75. The molecule has 0 radical (unpaired) electrons. The molecule has 164 valence electrons. The van der Waals surface area contributed by atoms with E-state index in [1.54, 1.807) is 18.2 Å². The van der Waals surface area contributed by atoms with Crippen LogP contribution >= 0.6 is 0 Å². The summed E-state index contributed by atoms with van der Waals surface area (Å²) in [6.45, 7) is 0.885. The van der Waals surface area contributed by atoms with Crippen LogP contribution in [0.2, 0.25) is 0 Å². The van der Waals surface area contributed by atoms with Gasteiger partial charge in [-0.25, -0.2) is 0 Å². The first-order chi connectivity index (χ1) is 14.7. The number of benzene rings is 2. The standard InChI is InChI=1S/C22H22F3N3O3/c1-27-18-12-15(7-10-17(18)21(30)28-11-3-2-4-19(27)28)20(29)26-13-14-5-8-16(9-6-14)31-22(23,24)25/h5-10,12,19H,2-4,11,13H2,1H3,(H,26,29)/t19-/m0/s1. The molecule has 1 fully saturated rings. The maximum absolute atomic E-state index is 12.8. The fourth-order valence-electron chi connectivity index (χ4n) is 4.11. The molecule has 2 amide bonds. The summed E-state index contributed by atoms with van der Waals surface area (Å²) in [5, 5.41) is 2.76. The molecule has 1 N–H and O–H groups in total. The maximum Gasteiger partial charge on any atom is 0.573 e. The molecule has 0 unspecified atom stereocenters. The van der Waals surface area contributed by atoms with Gasteiger partial charge in [0.05, 0.1) is 11.3 Å². The minimum absolute atomic E-state index is 0.00416. The van der Waals surface area contributed by atoms with Crippen LogP contribution in [0, 0.1) is 0 Å². The molecule has 9 heteroatoms. The van der Waals surface area contributed by atoms with Crippen LogP contribution in [0.3, 0.4) is 0 Å². The number of hydrogen-bond acceptors (Lipinski definition) is 4. The van der Waals surface area contributed by atoms with E-state index >= 15 is 0 Å². The Balaban J connectivity index is 1.44. The molecule has 31 heavy (non-hydrogen) atoms. The van der Waals surface area contributed by atoms with E-state index in [9.17, 15) is 22.8 Å². The predicted octanol–water partition coefficient (Wildman–Crippen LogP) is 3.92. The summed E-state index contributed by atoms with van der Waals surface area (Å²) < 4.78 is 40.6. The molecule has 0 aliphatic carbocycles. The molecule has 1 saturated heterocycles. The lowest BCUT2D eigenvalue weighted by atomic mass is 9.97. The fraction of sp³-hybridized carbons (Fsp3) is 0.364. The summed E-state index contributed by atoms with van der Waals surface area (Å²) in [7, 11) is 1.93. The highest BCUT2D eigenvalue weighted by molar-refractivity contribution is 6.04.